The molecule has 1 amide bonds. The van der Waals surface area contributed by atoms with Crippen LogP contribution in [0.15, 0.2) is 22.7 Å². The highest BCUT2D eigenvalue weighted by Crippen LogP contribution is 2.27. The Labute approximate surface area is 112 Å². The smallest absolute Gasteiger partial charge is 0.345 e. The number of phenols is 1. The second kappa shape index (κ2) is 5.36. The summed E-state index contributed by atoms with van der Waals surface area (Å²) in [7, 11) is 1.12. The molecular weight excluding hydrogens is 306 g/mol. The molecule has 1 aromatic rings. The van der Waals surface area contributed by atoms with Gasteiger partial charge in [-0.05, 0) is 25.1 Å². The van der Waals surface area contributed by atoms with Gasteiger partial charge in [0.1, 0.15) is 5.75 Å². The van der Waals surface area contributed by atoms with E-state index in [0.29, 0.717) is 4.47 Å². The van der Waals surface area contributed by atoms with Gasteiger partial charge < -0.3 is 20.3 Å². The molecule has 0 saturated carbocycles. The Morgan fingerprint density at radius 2 is 2.06 bits per heavy atom. The van der Waals surface area contributed by atoms with Crippen molar-refractivity contribution in [3.8, 4) is 5.75 Å². The molecule has 0 spiro atoms. The Balaban J connectivity index is 3.00. The molecule has 0 aliphatic heterocycles. The molecule has 18 heavy (non-hydrogen) atoms. The number of anilines is 1. The molecule has 0 saturated heterocycles. The average Bonchev–Trinajstić information content (AvgIpc) is 2.32. The van der Waals surface area contributed by atoms with Crippen LogP contribution in [0.25, 0.3) is 0 Å². The van der Waals surface area contributed by atoms with Gasteiger partial charge in [0.25, 0.3) is 5.91 Å². The third kappa shape index (κ3) is 2.80. The zero-order chi connectivity index (χ0) is 13.9. The molecule has 6 nitrogen and oxygen atoms in total. The molecule has 1 aromatic carbocycles. The van der Waals surface area contributed by atoms with E-state index in [0.717, 1.165) is 14.0 Å². The van der Waals surface area contributed by atoms with Gasteiger partial charge in [-0.3, -0.25) is 4.79 Å². The number of nitrogens with one attached hydrogen (secondary N) is 1. The van der Waals surface area contributed by atoms with E-state index in [1.807, 2.05) is 0 Å². The first-order chi connectivity index (χ1) is 8.31. The van der Waals surface area contributed by atoms with E-state index < -0.39 is 17.5 Å². The highest BCUT2D eigenvalue weighted by Gasteiger charge is 2.42. The van der Waals surface area contributed by atoms with Crippen molar-refractivity contribution in [2.75, 3.05) is 12.4 Å². The molecule has 1 unspecified atom stereocenters. The van der Waals surface area contributed by atoms with Gasteiger partial charge in [-0.25, -0.2) is 4.79 Å². The number of carboxylic acids is 1. The van der Waals surface area contributed by atoms with Crippen LogP contribution in [0.2, 0.25) is 0 Å². The fourth-order valence-corrected chi connectivity index (χ4v) is 1.49. The predicted octanol–water partition coefficient (Wildman–Crippen LogP) is 1.58. The van der Waals surface area contributed by atoms with Gasteiger partial charge in [0, 0.05) is 11.6 Å². The van der Waals surface area contributed by atoms with E-state index in [-0.39, 0.29) is 11.4 Å². The van der Waals surface area contributed by atoms with Crippen LogP contribution in [0.3, 0.4) is 0 Å². The molecule has 0 bridgehead atoms. The van der Waals surface area contributed by atoms with Crippen LogP contribution >= 0.6 is 15.9 Å². The number of methoxy groups -OCH3 is 1. The van der Waals surface area contributed by atoms with Gasteiger partial charge in [-0.1, -0.05) is 15.9 Å². The van der Waals surface area contributed by atoms with Crippen LogP contribution in [0.5, 0.6) is 5.75 Å². The standard InChI is InChI=1S/C11H12BrNO5/c1-11(18-2,10(16)17)9(15)13-7-5-6(12)3-4-8(7)14/h3-5,14H,1-2H3,(H,13,15)(H,16,17). The molecule has 0 heterocycles. The summed E-state index contributed by atoms with van der Waals surface area (Å²) in [5, 5.41) is 20.8. The number of benzene rings is 1. The quantitative estimate of drug-likeness (QED) is 0.579. The fourth-order valence-electron chi connectivity index (χ4n) is 1.13. The first-order valence-corrected chi connectivity index (χ1v) is 5.69. The van der Waals surface area contributed by atoms with Crippen LogP contribution in [0.4, 0.5) is 5.69 Å². The van der Waals surface area contributed by atoms with Crippen LogP contribution in [0.1, 0.15) is 6.92 Å². The van der Waals surface area contributed by atoms with Gasteiger partial charge >= 0.3 is 5.97 Å². The lowest BCUT2D eigenvalue weighted by molar-refractivity contribution is -0.165. The molecule has 1 rings (SSSR count). The molecule has 0 aliphatic carbocycles. The molecule has 1 atom stereocenters. The number of carbonyl (C=O) groups excluding carboxylic acids is 1. The van der Waals surface area contributed by atoms with Crippen molar-refractivity contribution >= 4 is 33.5 Å². The fraction of sp³-hybridized carbons (Fsp3) is 0.273. The van der Waals surface area contributed by atoms with Gasteiger partial charge in [-0.15, -0.1) is 0 Å². The number of carbonyl (C=O) groups is 2. The largest absolute Gasteiger partial charge is 0.506 e. The maximum atomic E-state index is 11.8. The molecule has 0 aromatic heterocycles. The number of aromatic hydroxyl groups is 1. The predicted molar refractivity (Wildman–Crippen MR) is 67.5 cm³/mol. The molecule has 0 fully saturated rings. The summed E-state index contributed by atoms with van der Waals surface area (Å²) in [5.74, 6) is -2.47. The minimum absolute atomic E-state index is 0.0962. The molecule has 7 heteroatoms. The molecule has 98 valence electrons. The number of amides is 1. The summed E-state index contributed by atoms with van der Waals surface area (Å²) in [6, 6.07) is 4.40. The molecule has 3 N–H and O–H groups in total. The van der Waals surface area contributed by atoms with E-state index in [9.17, 15) is 14.7 Å². The Bertz CT molecular complexity index is 490. The molecular formula is C11H12BrNO5. The third-order valence-corrected chi connectivity index (χ3v) is 2.95. The number of aliphatic carboxylic acids is 1. The summed E-state index contributed by atoms with van der Waals surface area (Å²) < 4.78 is 5.33. The summed E-state index contributed by atoms with van der Waals surface area (Å²) in [5.41, 5.74) is -1.92. The van der Waals surface area contributed by atoms with Crippen molar-refractivity contribution in [1.82, 2.24) is 0 Å². The maximum absolute atomic E-state index is 11.8. The minimum Gasteiger partial charge on any atom is -0.506 e. The topological polar surface area (TPSA) is 95.9 Å². The van der Waals surface area contributed by atoms with Crippen molar-refractivity contribution in [3.05, 3.63) is 22.7 Å². The lowest BCUT2D eigenvalue weighted by Crippen LogP contribution is -2.48. The lowest BCUT2D eigenvalue weighted by Gasteiger charge is -2.22. The van der Waals surface area contributed by atoms with Crippen LogP contribution in [-0.4, -0.2) is 34.8 Å². The summed E-state index contributed by atoms with van der Waals surface area (Å²) in [6.07, 6.45) is 0. The van der Waals surface area contributed by atoms with E-state index in [1.54, 1.807) is 6.07 Å². The highest BCUT2D eigenvalue weighted by atomic mass is 79.9. The van der Waals surface area contributed by atoms with Crippen LogP contribution < -0.4 is 5.32 Å². The van der Waals surface area contributed by atoms with Crippen molar-refractivity contribution < 1.29 is 24.5 Å². The van der Waals surface area contributed by atoms with Crippen molar-refractivity contribution in [3.63, 3.8) is 0 Å². The van der Waals surface area contributed by atoms with E-state index >= 15 is 0 Å². The summed E-state index contributed by atoms with van der Waals surface area (Å²) in [4.78, 5) is 22.8. The van der Waals surface area contributed by atoms with Gasteiger partial charge in [0.2, 0.25) is 5.60 Å². The van der Waals surface area contributed by atoms with Crippen molar-refractivity contribution in [2.24, 2.45) is 0 Å². The second-order valence-corrected chi connectivity index (χ2v) is 4.57. The van der Waals surface area contributed by atoms with Crippen molar-refractivity contribution in [2.45, 2.75) is 12.5 Å². The Morgan fingerprint density at radius 3 is 2.56 bits per heavy atom. The number of rotatable bonds is 4. The molecule has 0 radical (unpaired) electrons. The van der Waals surface area contributed by atoms with E-state index in [1.165, 1.54) is 12.1 Å². The number of hydrogen-bond donors (Lipinski definition) is 3. The molecule has 0 aliphatic rings. The average molecular weight is 318 g/mol. The zero-order valence-corrected chi connectivity index (χ0v) is 11.3. The maximum Gasteiger partial charge on any atom is 0.345 e. The van der Waals surface area contributed by atoms with E-state index in [2.05, 4.69) is 21.2 Å². The number of ether oxygens (including phenoxy) is 1. The highest BCUT2D eigenvalue weighted by molar-refractivity contribution is 9.10. The number of phenolic OH excluding ortho intramolecular Hbond substituents is 1. The first kappa shape index (κ1) is 14.5. The monoisotopic (exact) mass is 317 g/mol. The Morgan fingerprint density at radius 1 is 1.44 bits per heavy atom. The van der Waals surface area contributed by atoms with Crippen molar-refractivity contribution in [1.29, 1.82) is 0 Å². The second-order valence-electron chi connectivity index (χ2n) is 3.66. The van der Waals surface area contributed by atoms with Gasteiger partial charge in [0.05, 0.1) is 5.69 Å². The zero-order valence-electron chi connectivity index (χ0n) is 9.73. The number of halogens is 1. The first-order valence-electron chi connectivity index (χ1n) is 4.89. The Kier molecular flexibility index (Phi) is 4.31. The normalized spacial score (nSPS) is 13.7. The number of carboxylic acid groups (broad SMARTS) is 1. The van der Waals surface area contributed by atoms with Crippen LogP contribution in [0, 0.1) is 0 Å². The minimum atomic E-state index is -2.02. The van der Waals surface area contributed by atoms with Gasteiger partial charge in [-0.2, -0.15) is 0 Å². The van der Waals surface area contributed by atoms with Gasteiger partial charge in [0.15, 0.2) is 0 Å². The van der Waals surface area contributed by atoms with Crippen LogP contribution in [-0.2, 0) is 14.3 Å². The number of hydrogen-bond acceptors (Lipinski definition) is 4. The SMILES string of the molecule is COC(C)(C(=O)O)C(=O)Nc1cc(Br)ccc1O. The lowest BCUT2D eigenvalue weighted by atomic mass is 10.1. The van der Waals surface area contributed by atoms with E-state index in [4.69, 9.17) is 9.84 Å². The third-order valence-electron chi connectivity index (χ3n) is 2.46. The summed E-state index contributed by atoms with van der Waals surface area (Å²) in [6.45, 7) is 1.12. The Hall–Kier alpha value is -1.60. The summed E-state index contributed by atoms with van der Waals surface area (Å²) >= 11 is 3.17.